The Hall–Kier alpha value is -3.67. The van der Waals surface area contributed by atoms with Gasteiger partial charge in [0.15, 0.2) is 0 Å². The average molecular weight is 404 g/mol. The van der Waals surface area contributed by atoms with E-state index in [1.165, 1.54) is 6.08 Å². The first kappa shape index (κ1) is 21.0. The molecule has 0 radical (unpaired) electrons. The molecule has 0 fully saturated rings. The molecule has 2 aromatic heterocycles. The highest BCUT2D eigenvalue weighted by Gasteiger charge is 2.09. The zero-order valence-corrected chi connectivity index (χ0v) is 17.3. The summed E-state index contributed by atoms with van der Waals surface area (Å²) in [6, 6.07) is 11.3. The molecular weight excluding hydrogens is 380 g/mol. The fourth-order valence-electron chi connectivity index (χ4n) is 2.86. The minimum atomic E-state index is -0.358. The normalized spacial score (nSPS) is 10.8. The topological polar surface area (TPSA) is 70.5 Å². The largest absolute Gasteiger partial charge is 0.487 e. The van der Waals surface area contributed by atoms with E-state index in [4.69, 9.17) is 14.2 Å². The second-order valence-corrected chi connectivity index (χ2v) is 6.65. The van der Waals surface area contributed by atoms with Crippen LogP contribution >= 0.6 is 0 Å². The zero-order chi connectivity index (χ0) is 21.3. The van der Waals surface area contributed by atoms with E-state index in [0.717, 1.165) is 28.0 Å². The third-order valence-corrected chi connectivity index (χ3v) is 4.25. The first-order valence-electron chi connectivity index (χ1n) is 9.67. The number of aromatic nitrogens is 2. The summed E-state index contributed by atoms with van der Waals surface area (Å²) in [6.45, 7) is 6.49. The smallest absolute Gasteiger partial charge is 0.330 e. The Kier molecular flexibility index (Phi) is 7.16. The number of carbonyl (C=O) groups excluding carboxylic acids is 1. The van der Waals surface area contributed by atoms with Crippen molar-refractivity contribution in [1.29, 1.82) is 0 Å². The predicted octanol–water partition coefficient (Wildman–Crippen LogP) is 5.04. The van der Waals surface area contributed by atoms with Crippen LogP contribution in [0.25, 0.3) is 6.08 Å². The quantitative estimate of drug-likeness (QED) is 0.387. The van der Waals surface area contributed by atoms with E-state index < -0.39 is 0 Å². The second-order valence-electron chi connectivity index (χ2n) is 6.65. The van der Waals surface area contributed by atoms with E-state index in [2.05, 4.69) is 9.97 Å². The van der Waals surface area contributed by atoms with Gasteiger partial charge in [-0.25, -0.2) is 9.78 Å². The Morgan fingerprint density at radius 3 is 2.43 bits per heavy atom. The maximum atomic E-state index is 11.5. The molecule has 0 saturated heterocycles. The van der Waals surface area contributed by atoms with Crippen LogP contribution in [0, 0.1) is 13.8 Å². The maximum absolute atomic E-state index is 11.5. The van der Waals surface area contributed by atoms with Crippen molar-refractivity contribution in [1.82, 2.24) is 9.97 Å². The standard InChI is InChI=1S/C24H24N2O4/c1-4-28-23(27)8-5-20-13-17(2)24(18(3)14-20)30-22-7-6-21(15-26-22)29-16-19-9-11-25-12-10-19/h5-15H,4,16H2,1-3H3/b8-5+. The highest BCUT2D eigenvalue weighted by atomic mass is 16.5. The molecule has 0 unspecified atom stereocenters. The van der Waals surface area contributed by atoms with Crippen LogP contribution in [-0.2, 0) is 16.1 Å². The maximum Gasteiger partial charge on any atom is 0.330 e. The molecule has 0 atom stereocenters. The number of esters is 1. The summed E-state index contributed by atoms with van der Waals surface area (Å²) >= 11 is 0. The molecule has 3 rings (SSSR count). The lowest BCUT2D eigenvalue weighted by atomic mass is 10.1. The lowest BCUT2D eigenvalue weighted by Crippen LogP contribution is -1.99. The van der Waals surface area contributed by atoms with Gasteiger partial charge in [-0.15, -0.1) is 0 Å². The first-order chi connectivity index (χ1) is 14.5. The van der Waals surface area contributed by atoms with E-state index >= 15 is 0 Å². The van der Waals surface area contributed by atoms with Crippen molar-refractivity contribution in [2.75, 3.05) is 6.61 Å². The number of carbonyl (C=O) groups is 1. The molecular formula is C24H24N2O4. The van der Waals surface area contributed by atoms with Crippen molar-refractivity contribution in [3.8, 4) is 17.4 Å². The van der Waals surface area contributed by atoms with Crippen LogP contribution in [0.3, 0.4) is 0 Å². The summed E-state index contributed by atoms with van der Waals surface area (Å²) in [5.74, 6) is 1.52. The van der Waals surface area contributed by atoms with Gasteiger partial charge in [0.05, 0.1) is 12.8 Å². The van der Waals surface area contributed by atoms with Gasteiger partial charge >= 0.3 is 5.97 Å². The van der Waals surface area contributed by atoms with Gasteiger partial charge < -0.3 is 14.2 Å². The number of hydrogen-bond donors (Lipinski definition) is 0. The average Bonchev–Trinajstić information content (AvgIpc) is 2.75. The number of hydrogen-bond acceptors (Lipinski definition) is 6. The van der Waals surface area contributed by atoms with Gasteiger partial charge in [-0.2, -0.15) is 0 Å². The second kappa shape index (κ2) is 10.2. The summed E-state index contributed by atoms with van der Waals surface area (Å²) in [5.41, 5.74) is 3.82. The van der Waals surface area contributed by atoms with Crippen LogP contribution in [0.4, 0.5) is 0 Å². The van der Waals surface area contributed by atoms with Gasteiger partial charge in [0.2, 0.25) is 5.88 Å². The van der Waals surface area contributed by atoms with Crippen LogP contribution < -0.4 is 9.47 Å². The molecule has 0 spiro atoms. The van der Waals surface area contributed by atoms with Crippen LogP contribution in [0.2, 0.25) is 0 Å². The van der Waals surface area contributed by atoms with Crippen LogP contribution in [0.1, 0.15) is 29.2 Å². The van der Waals surface area contributed by atoms with E-state index in [1.54, 1.807) is 37.7 Å². The molecule has 0 aliphatic carbocycles. The fraction of sp³-hybridized carbons (Fsp3) is 0.208. The SMILES string of the molecule is CCOC(=O)/C=C/c1cc(C)c(Oc2ccc(OCc3ccncc3)cn2)c(C)c1. The van der Waals surface area contributed by atoms with Crippen LogP contribution in [-0.4, -0.2) is 22.5 Å². The molecule has 0 amide bonds. The molecule has 6 heteroatoms. The summed E-state index contributed by atoms with van der Waals surface area (Å²) < 4.78 is 16.6. The Labute approximate surface area is 176 Å². The van der Waals surface area contributed by atoms with E-state index in [-0.39, 0.29) is 5.97 Å². The molecule has 2 heterocycles. The number of rotatable bonds is 8. The molecule has 3 aromatic rings. The lowest BCUT2D eigenvalue weighted by Gasteiger charge is -2.13. The highest BCUT2D eigenvalue weighted by Crippen LogP contribution is 2.30. The highest BCUT2D eigenvalue weighted by molar-refractivity contribution is 5.87. The minimum absolute atomic E-state index is 0.356. The molecule has 0 saturated carbocycles. The van der Waals surface area contributed by atoms with Gasteiger partial charge in [-0.3, -0.25) is 4.98 Å². The van der Waals surface area contributed by atoms with Crippen molar-refractivity contribution < 1.29 is 19.0 Å². The number of nitrogens with zero attached hydrogens (tertiary/aromatic N) is 2. The predicted molar refractivity (Wildman–Crippen MR) is 114 cm³/mol. The molecule has 0 aliphatic rings. The number of pyridine rings is 2. The molecule has 0 bridgehead atoms. The van der Waals surface area contributed by atoms with Crippen molar-refractivity contribution >= 4 is 12.0 Å². The van der Waals surface area contributed by atoms with Crippen molar-refractivity contribution in [3.63, 3.8) is 0 Å². The van der Waals surface area contributed by atoms with Gasteiger partial charge in [0, 0.05) is 24.5 Å². The van der Waals surface area contributed by atoms with Gasteiger partial charge in [0.25, 0.3) is 0 Å². The summed E-state index contributed by atoms with van der Waals surface area (Å²) in [7, 11) is 0. The molecule has 30 heavy (non-hydrogen) atoms. The minimum Gasteiger partial charge on any atom is -0.487 e. The molecule has 0 N–H and O–H groups in total. The summed E-state index contributed by atoms with van der Waals surface area (Å²) in [4.78, 5) is 19.8. The molecule has 6 nitrogen and oxygen atoms in total. The Balaban J connectivity index is 1.64. The number of aryl methyl sites for hydroxylation is 2. The van der Waals surface area contributed by atoms with Crippen LogP contribution in [0.15, 0.2) is 61.1 Å². The number of ether oxygens (including phenoxy) is 3. The Morgan fingerprint density at radius 1 is 1.07 bits per heavy atom. The fourth-order valence-corrected chi connectivity index (χ4v) is 2.86. The third kappa shape index (κ3) is 5.91. The molecule has 154 valence electrons. The summed E-state index contributed by atoms with van der Waals surface area (Å²) in [6.07, 6.45) is 8.25. The van der Waals surface area contributed by atoms with E-state index in [1.807, 2.05) is 44.2 Å². The van der Waals surface area contributed by atoms with Crippen molar-refractivity contribution in [3.05, 3.63) is 83.3 Å². The number of benzene rings is 1. The zero-order valence-electron chi connectivity index (χ0n) is 17.3. The molecule has 0 aliphatic heterocycles. The monoisotopic (exact) mass is 404 g/mol. The van der Waals surface area contributed by atoms with Crippen molar-refractivity contribution in [2.45, 2.75) is 27.4 Å². The summed E-state index contributed by atoms with van der Waals surface area (Å²) in [5, 5.41) is 0. The van der Waals surface area contributed by atoms with Crippen molar-refractivity contribution in [2.24, 2.45) is 0 Å². The first-order valence-corrected chi connectivity index (χ1v) is 9.67. The van der Waals surface area contributed by atoms with E-state index in [9.17, 15) is 4.79 Å². The van der Waals surface area contributed by atoms with E-state index in [0.29, 0.717) is 24.8 Å². The van der Waals surface area contributed by atoms with Gasteiger partial charge in [-0.1, -0.05) is 0 Å². The van der Waals surface area contributed by atoms with Gasteiger partial charge in [0.1, 0.15) is 18.1 Å². The molecule has 1 aromatic carbocycles. The Morgan fingerprint density at radius 2 is 1.80 bits per heavy atom. The van der Waals surface area contributed by atoms with Gasteiger partial charge in [-0.05, 0) is 79.4 Å². The lowest BCUT2D eigenvalue weighted by molar-refractivity contribution is -0.137. The third-order valence-electron chi connectivity index (χ3n) is 4.25. The van der Waals surface area contributed by atoms with Crippen LogP contribution in [0.5, 0.6) is 17.4 Å². The Bertz CT molecular complexity index is 992.